The average Bonchev–Trinajstić information content (AvgIpc) is 2.96. The normalized spacial score (nSPS) is 19.0. The zero-order valence-electron chi connectivity index (χ0n) is 18.0. The van der Waals surface area contributed by atoms with Crippen molar-refractivity contribution >= 4 is 44.2 Å². The monoisotopic (exact) mass is 422 g/mol. The summed E-state index contributed by atoms with van der Waals surface area (Å²) in [5.74, 6) is 2.07. The van der Waals surface area contributed by atoms with E-state index >= 15 is 0 Å². The maximum Gasteiger partial charge on any atom is 0.239 e. The molecule has 0 saturated heterocycles. The van der Waals surface area contributed by atoms with Crippen LogP contribution in [0, 0.1) is 6.92 Å². The number of nitrogens with zero attached hydrogens (tertiary/aromatic N) is 2. The Bertz CT molecular complexity index is 1070. The number of anilines is 2. The minimum Gasteiger partial charge on any atom is -0.376 e. The van der Waals surface area contributed by atoms with Gasteiger partial charge >= 0.3 is 0 Å². The first-order valence-electron chi connectivity index (χ1n) is 10.6. The molecule has 0 saturated carbocycles. The molecule has 2 aromatic rings. The number of allylic oxidation sites excluding steroid dienone is 2. The van der Waals surface area contributed by atoms with Crippen molar-refractivity contribution in [2.24, 2.45) is 0 Å². The molecular weight excluding hydrogens is 392 g/mol. The van der Waals surface area contributed by atoms with Crippen LogP contribution >= 0.6 is 10.5 Å². The van der Waals surface area contributed by atoms with Gasteiger partial charge in [0.05, 0.1) is 12.1 Å². The highest BCUT2D eigenvalue weighted by Gasteiger charge is 2.21. The first kappa shape index (κ1) is 20.7. The van der Waals surface area contributed by atoms with E-state index in [0.29, 0.717) is 0 Å². The Labute approximate surface area is 181 Å². The van der Waals surface area contributed by atoms with Crippen LogP contribution in [0.15, 0.2) is 46.9 Å². The third-order valence-electron chi connectivity index (χ3n) is 5.75. The molecule has 30 heavy (non-hydrogen) atoms. The lowest BCUT2D eigenvalue weighted by Gasteiger charge is -2.24. The quantitative estimate of drug-likeness (QED) is 0.725. The van der Waals surface area contributed by atoms with E-state index in [1.54, 1.807) is 12.0 Å². The SMILES string of the molecule is C/C=S1/CCN(c2cc(NCC(=O)NC)c3cc(C)ccc3n2)CC2=C1CCC=C2. The Morgan fingerprint density at radius 2 is 2.20 bits per heavy atom. The number of carbonyl (C=O) groups is 1. The fourth-order valence-electron chi connectivity index (χ4n) is 4.10. The Kier molecular flexibility index (Phi) is 6.23. The summed E-state index contributed by atoms with van der Waals surface area (Å²) in [6.07, 6.45) is 6.94. The smallest absolute Gasteiger partial charge is 0.239 e. The van der Waals surface area contributed by atoms with Gasteiger partial charge in [-0.15, -0.1) is 0 Å². The lowest BCUT2D eigenvalue weighted by Crippen LogP contribution is -2.28. The number of likely N-dealkylation sites (N-methyl/N-ethyl adjacent to an activating group) is 1. The largest absolute Gasteiger partial charge is 0.376 e. The summed E-state index contributed by atoms with van der Waals surface area (Å²) in [6.45, 7) is 6.39. The van der Waals surface area contributed by atoms with Crippen molar-refractivity contribution in [1.82, 2.24) is 10.3 Å². The third kappa shape index (κ3) is 4.29. The summed E-state index contributed by atoms with van der Waals surface area (Å²) >= 11 is 0. The molecule has 1 aliphatic heterocycles. The highest BCUT2D eigenvalue weighted by atomic mass is 32.2. The minimum absolute atomic E-state index is 0.0337. The second-order valence-corrected chi connectivity index (χ2v) is 9.99. The second-order valence-electron chi connectivity index (χ2n) is 7.76. The van der Waals surface area contributed by atoms with Gasteiger partial charge in [-0.3, -0.25) is 4.79 Å². The molecule has 0 spiro atoms. The maximum absolute atomic E-state index is 11.8. The number of pyridine rings is 1. The zero-order valence-corrected chi connectivity index (χ0v) is 18.8. The van der Waals surface area contributed by atoms with E-state index in [1.165, 1.54) is 17.6 Å². The summed E-state index contributed by atoms with van der Waals surface area (Å²) in [7, 11) is 1.90. The summed E-state index contributed by atoms with van der Waals surface area (Å²) in [5, 5.41) is 9.44. The molecule has 0 radical (unpaired) electrons. The minimum atomic E-state index is -0.0337. The van der Waals surface area contributed by atoms with Crippen molar-refractivity contribution in [2.45, 2.75) is 26.7 Å². The van der Waals surface area contributed by atoms with Gasteiger partial charge in [-0.25, -0.2) is 4.98 Å². The van der Waals surface area contributed by atoms with Gasteiger partial charge in [0, 0.05) is 43.0 Å². The van der Waals surface area contributed by atoms with Crippen molar-refractivity contribution in [1.29, 1.82) is 0 Å². The highest BCUT2D eigenvalue weighted by Crippen LogP contribution is 2.38. The van der Waals surface area contributed by atoms with Gasteiger partial charge in [0.25, 0.3) is 0 Å². The predicted molar refractivity (Wildman–Crippen MR) is 131 cm³/mol. The first-order chi connectivity index (χ1) is 14.6. The van der Waals surface area contributed by atoms with E-state index in [2.05, 4.69) is 71.2 Å². The lowest BCUT2D eigenvalue weighted by molar-refractivity contribution is -0.118. The molecule has 2 heterocycles. The molecule has 0 fully saturated rings. The van der Waals surface area contributed by atoms with Crippen molar-refractivity contribution in [3.63, 3.8) is 0 Å². The van der Waals surface area contributed by atoms with E-state index in [0.717, 1.165) is 47.7 Å². The van der Waals surface area contributed by atoms with Crippen LogP contribution < -0.4 is 15.5 Å². The van der Waals surface area contributed by atoms with E-state index < -0.39 is 0 Å². The number of fused-ring (bicyclic) bond motifs is 1. The molecule has 1 aromatic heterocycles. The molecule has 1 atom stereocenters. The van der Waals surface area contributed by atoms with Gasteiger partial charge in [-0.1, -0.05) is 29.1 Å². The van der Waals surface area contributed by atoms with Crippen LogP contribution in [0.25, 0.3) is 10.9 Å². The molecule has 4 rings (SSSR count). The van der Waals surface area contributed by atoms with E-state index in [1.807, 2.05) is 0 Å². The van der Waals surface area contributed by atoms with Crippen molar-refractivity contribution < 1.29 is 4.79 Å². The Hall–Kier alpha value is -2.60. The number of aromatic nitrogens is 1. The number of rotatable bonds is 4. The molecule has 2 N–H and O–H groups in total. The molecule has 158 valence electrons. The van der Waals surface area contributed by atoms with Gasteiger partial charge in [-0.2, -0.15) is 10.5 Å². The number of carbonyl (C=O) groups excluding carboxylic acids is 1. The number of hydrogen-bond donors (Lipinski definition) is 2. The molecule has 6 heteroatoms. The molecule has 1 aliphatic carbocycles. The lowest BCUT2D eigenvalue weighted by atomic mass is 10.1. The molecular formula is C24H30N4OS. The molecule has 2 aliphatic rings. The maximum atomic E-state index is 11.8. The molecule has 1 unspecified atom stereocenters. The van der Waals surface area contributed by atoms with Crippen molar-refractivity contribution in [2.75, 3.05) is 42.7 Å². The number of benzene rings is 1. The Morgan fingerprint density at radius 3 is 3.00 bits per heavy atom. The van der Waals surface area contributed by atoms with Gasteiger partial charge in [0.15, 0.2) is 0 Å². The number of aryl methyl sites for hydroxylation is 1. The summed E-state index contributed by atoms with van der Waals surface area (Å²) in [4.78, 5) is 20.9. The van der Waals surface area contributed by atoms with Crippen LogP contribution in [-0.2, 0) is 4.79 Å². The van der Waals surface area contributed by atoms with E-state index in [-0.39, 0.29) is 22.9 Å². The van der Waals surface area contributed by atoms with E-state index in [4.69, 9.17) is 4.98 Å². The zero-order chi connectivity index (χ0) is 21.1. The van der Waals surface area contributed by atoms with Crippen LogP contribution in [0.5, 0.6) is 0 Å². The number of amides is 1. The summed E-state index contributed by atoms with van der Waals surface area (Å²) in [6, 6.07) is 8.41. The van der Waals surface area contributed by atoms with Gasteiger partial charge in [-0.05, 0) is 49.3 Å². The summed E-state index contributed by atoms with van der Waals surface area (Å²) < 4.78 is 0. The van der Waals surface area contributed by atoms with E-state index in [9.17, 15) is 4.79 Å². The topological polar surface area (TPSA) is 57.3 Å². The predicted octanol–water partition coefficient (Wildman–Crippen LogP) is 4.22. The summed E-state index contributed by atoms with van der Waals surface area (Å²) in [5.41, 5.74) is 4.54. The number of hydrogen-bond acceptors (Lipinski definition) is 4. The second kappa shape index (κ2) is 9.04. The van der Waals surface area contributed by atoms with Crippen molar-refractivity contribution in [3.05, 3.63) is 52.5 Å². The van der Waals surface area contributed by atoms with Gasteiger partial charge in [0.1, 0.15) is 5.82 Å². The van der Waals surface area contributed by atoms with Crippen LogP contribution in [0.4, 0.5) is 11.5 Å². The molecule has 0 bridgehead atoms. The average molecular weight is 423 g/mol. The molecule has 1 aromatic carbocycles. The molecule has 5 nitrogen and oxygen atoms in total. The Morgan fingerprint density at radius 1 is 1.33 bits per heavy atom. The van der Waals surface area contributed by atoms with Crippen LogP contribution in [-0.4, -0.2) is 48.7 Å². The molecule has 1 amide bonds. The number of nitrogens with one attached hydrogen (secondary N) is 2. The van der Waals surface area contributed by atoms with Crippen LogP contribution in [0.2, 0.25) is 0 Å². The highest BCUT2D eigenvalue weighted by molar-refractivity contribution is 8.18. The first-order valence-corrected chi connectivity index (χ1v) is 12.0. The van der Waals surface area contributed by atoms with Gasteiger partial charge in [0.2, 0.25) is 5.91 Å². The fourth-order valence-corrected chi connectivity index (χ4v) is 6.14. The van der Waals surface area contributed by atoms with Crippen molar-refractivity contribution in [3.8, 4) is 0 Å². The standard InChI is InChI=1S/C24H30N4OS/c1-4-30-12-11-28(16-18-7-5-6-8-22(18)30)23-14-21(26-15-24(29)25-3)19-13-17(2)9-10-20(19)27-23/h4-5,7,9-10,13-14H,6,8,11-12,15-16H2,1-3H3,(H,25,29)(H,26,27). The Balaban J connectivity index is 1.73. The fraction of sp³-hybridized carbons (Fsp3) is 0.375. The van der Waals surface area contributed by atoms with Gasteiger partial charge < -0.3 is 15.5 Å². The third-order valence-corrected chi connectivity index (χ3v) is 8.04. The van der Waals surface area contributed by atoms with Crippen LogP contribution in [0.1, 0.15) is 25.3 Å². The van der Waals surface area contributed by atoms with Crippen LogP contribution in [0.3, 0.4) is 0 Å².